The summed E-state index contributed by atoms with van der Waals surface area (Å²) in [4.78, 5) is 18.8. The van der Waals surface area contributed by atoms with E-state index in [-0.39, 0.29) is 11.8 Å². The van der Waals surface area contributed by atoms with Gasteiger partial charge < -0.3 is 15.0 Å². The number of pyridine rings is 2. The number of nitrogens with zero attached hydrogens (tertiary/aromatic N) is 4. The summed E-state index contributed by atoms with van der Waals surface area (Å²) in [5.74, 6) is 1.61. The molecule has 0 radical (unpaired) electrons. The fourth-order valence-electron chi connectivity index (χ4n) is 4.06. The Morgan fingerprint density at radius 1 is 1.27 bits per heavy atom. The minimum atomic E-state index is 0.0657. The maximum Gasteiger partial charge on any atom is 0.228 e. The lowest BCUT2D eigenvalue weighted by atomic mass is 10.1. The molecule has 0 bridgehead atoms. The van der Waals surface area contributed by atoms with Gasteiger partial charge in [-0.05, 0) is 70.0 Å². The molecule has 1 N–H and O–H groups in total. The number of fused-ring (bicyclic) bond motifs is 1. The standard InChI is InChI=1S/C23H27N5O2/c1-15-10-20(21(13-24-15)30-14-18-4-3-8-27(18)2)17-7-9-28-19(11-17)12-22(26-28)25-23(29)16-5-6-16/h7,9-13,16,18H,3-6,8,14H2,1-2H3,(H,25,26,29)/t18-/m0/s1. The minimum Gasteiger partial charge on any atom is -0.490 e. The molecule has 0 aromatic carbocycles. The third kappa shape index (κ3) is 3.89. The molecule has 156 valence electrons. The quantitative estimate of drug-likeness (QED) is 0.679. The first kappa shape index (κ1) is 19.1. The molecule has 30 heavy (non-hydrogen) atoms. The fraction of sp³-hybridized carbons (Fsp3) is 0.435. The summed E-state index contributed by atoms with van der Waals surface area (Å²) in [6, 6.07) is 8.52. The predicted octanol–water partition coefficient (Wildman–Crippen LogP) is 3.53. The summed E-state index contributed by atoms with van der Waals surface area (Å²) in [6.45, 7) is 3.78. The van der Waals surface area contributed by atoms with Gasteiger partial charge in [-0.3, -0.25) is 9.78 Å². The van der Waals surface area contributed by atoms with E-state index in [0.717, 1.165) is 47.5 Å². The zero-order valence-corrected chi connectivity index (χ0v) is 17.5. The number of hydrogen-bond donors (Lipinski definition) is 1. The Morgan fingerprint density at radius 3 is 2.90 bits per heavy atom. The van der Waals surface area contributed by atoms with E-state index in [4.69, 9.17) is 4.74 Å². The number of rotatable bonds is 6. The maximum absolute atomic E-state index is 12.0. The molecule has 1 aliphatic carbocycles. The van der Waals surface area contributed by atoms with Gasteiger partial charge in [0.05, 0.1) is 11.7 Å². The average Bonchev–Trinajstić information content (AvgIpc) is 3.40. The van der Waals surface area contributed by atoms with Crippen LogP contribution in [0.5, 0.6) is 5.75 Å². The van der Waals surface area contributed by atoms with Crippen molar-refractivity contribution in [1.82, 2.24) is 19.5 Å². The van der Waals surface area contributed by atoms with Crippen LogP contribution in [0.2, 0.25) is 0 Å². The monoisotopic (exact) mass is 405 g/mol. The Kier molecular flexibility index (Phi) is 4.90. The maximum atomic E-state index is 12.0. The van der Waals surface area contributed by atoms with Crippen molar-refractivity contribution in [2.75, 3.05) is 25.5 Å². The van der Waals surface area contributed by atoms with Crippen molar-refractivity contribution in [2.45, 2.75) is 38.6 Å². The van der Waals surface area contributed by atoms with Gasteiger partial charge in [0.15, 0.2) is 5.82 Å². The smallest absolute Gasteiger partial charge is 0.228 e. The van der Waals surface area contributed by atoms with E-state index in [1.807, 2.05) is 31.5 Å². The third-order valence-corrected chi connectivity index (χ3v) is 6.08. The number of hydrogen-bond acceptors (Lipinski definition) is 5. The van der Waals surface area contributed by atoms with E-state index >= 15 is 0 Å². The Morgan fingerprint density at radius 2 is 2.13 bits per heavy atom. The lowest BCUT2D eigenvalue weighted by Crippen LogP contribution is -2.30. The molecule has 2 fully saturated rings. The van der Waals surface area contributed by atoms with Crippen molar-refractivity contribution in [2.24, 2.45) is 5.92 Å². The molecule has 1 saturated heterocycles. The molecule has 3 aromatic heterocycles. The highest BCUT2D eigenvalue weighted by molar-refractivity contribution is 5.93. The summed E-state index contributed by atoms with van der Waals surface area (Å²) in [7, 11) is 2.16. The van der Waals surface area contributed by atoms with Crippen LogP contribution >= 0.6 is 0 Å². The molecule has 1 aliphatic heterocycles. The number of likely N-dealkylation sites (N-methyl/N-ethyl adjacent to an activating group) is 1. The molecule has 0 spiro atoms. The van der Waals surface area contributed by atoms with Crippen molar-refractivity contribution in [3.63, 3.8) is 0 Å². The lowest BCUT2D eigenvalue weighted by molar-refractivity contribution is -0.117. The predicted molar refractivity (Wildman–Crippen MR) is 116 cm³/mol. The fourth-order valence-corrected chi connectivity index (χ4v) is 4.06. The summed E-state index contributed by atoms with van der Waals surface area (Å²) < 4.78 is 8.01. The second kappa shape index (κ2) is 7.72. The molecule has 1 saturated carbocycles. The van der Waals surface area contributed by atoms with Crippen LogP contribution < -0.4 is 10.1 Å². The van der Waals surface area contributed by atoms with Crippen LogP contribution in [0.3, 0.4) is 0 Å². The largest absolute Gasteiger partial charge is 0.490 e. The topological polar surface area (TPSA) is 71.8 Å². The van der Waals surface area contributed by atoms with Crippen molar-refractivity contribution >= 4 is 17.2 Å². The summed E-state index contributed by atoms with van der Waals surface area (Å²) >= 11 is 0. The van der Waals surface area contributed by atoms with Crippen LogP contribution in [0.1, 0.15) is 31.4 Å². The van der Waals surface area contributed by atoms with Crippen LogP contribution in [-0.2, 0) is 4.79 Å². The Labute approximate surface area is 176 Å². The number of aromatic nitrogens is 3. The first-order chi connectivity index (χ1) is 14.6. The molecule has 0 unspecified atom stereocenters. The molecule has 3 aromatic rings. The molecule has 7 heteroatoms. The van der Waals surface area contributed by atoms with E-state index in [0.29, 0.717) is 18.5 Å². The van der Waals surface area contributed by atoms with Gasteiger partial charge >= 0.3 is 0 Å². The van der Waals surface area contributed by atoms with Gasteiger partial charge in [0.2, 0.25) is 5.91 Å². The molecule has 1 atom stereocenters. The summed E-state index contributed by atoms with van der Waals surface area (Å²) in [5.41, 5.74) is 3.94. The third-order valence-electron chi connectivity index (χ3n) is 6.08. The molecule has 5 rings (SSSR count). The summed E-state index contributed by atoms with van der Waals surface area (Å²) in [6.07, 6.45) is 8.08. The molecule has 1 amide bonds. The van der Waals surface area contributed by atoms with Crippen molar-refractivity contribution < 1.29 is 9.53 Å². The zero-order chi connectivity index (χ0) is 20.7. The summed E-state index contributed by atoms with van der Waals surface area (Å²) in [5, 5.41) is 7.39. The van der Waals surface area contributed by atoms with Gasteiger partial charge in [0.25, 0.3) is 0 Å². The van der Waals surface area contributed by atoms with Crippen LogP contribution in [0.4, 0.5) is 5.82 Å². The Hall–Kier alpha value is -2.93. The number of carbonyl (C=O) groups excluding carboxylic acids is 1. The average molecular weight is 406 g/mol. The van der Waals surface area contributed by atoms with Gasteiger partial charge in [0.1, 0.15) is 12.4 Å². The molecule has 7 nitrogen and oxygen atoms in total. The second-order valence-electron chi connectivity index (χ2n) is 8.49. The number of anilines is 1. The van der Waals surface area contributed by atoms with Gasteiger partial charge in [0, 0.05) is 35.5 Å². The van der Waals surface area contributed by atoms with E-state index in [1.54, 1.807) is 4.52 Å². The van der Waals surface area contributed by atoms with Gasteiger partial charge in [-0.25, -0.2) is 4.52 Å². The van der Waals surface area contributed by atoms with Gasteiger partial charge in [-0.1, -0.05) is 0 Å². The highest BCUT2D eigenvalue weighted by Gasteiger charge is 2.30. The van der Waals surface area contributed by atoms with Crippen LogP contribution in [0.25, 0.3) is 16.6 Å². The normalized spacial score (nSPS) is 19.3. The van der Waals surface area contributed by atoms with Gasteiger partial charge in [-0.15, -0.1) is 0 Å². The number of likely N-dealkylation sites (tertiary alicyclic amines) is 1. The van der Waals surface area contributed by atoms with Crippen molar-refractivity contribution in [3.05, 3.63) is 42.4 Å². The molecule has 4 heterocycles. The molecule has 2 aliphatic rings. The number of aryl methyl sites for hydroxylation is 1. The Bertz CT molecular complexity index is 1090. The van der Waals surface area contributed by atoms with Crippen molar-refractivity contribution in [1.29, 1.82) is 0 Å². The zero-order valence-electron chi connectivity index (χ0n) is 17.5. The van der Waals surface area contributed by atoms with Crippen LogP contribution in [0.15, 0.2) is 36.7 Å². The molecular formula is C23H27N5O2. The number of nitrogens with one attached hydrogen (secondary N) is 1. The first-order valence-electron chi connectivity index (χ1n) is 10.7. The number of amides is 1. The SMILES string of the molecule is Cc1cc(-c2ccn3nc(NC(=O)C4CC4)cc3c2)c(OC[C@@H]2CCCN2C)cn1. The lowest BCUT2D eigenvalue weighted by Gasteiger charge is -2.20. The molecular weight excluding hydrogens is 378 g/mol. The van der Waals surface area contributed by atoms with E-state index in [2.05, 4.69) is 39.5 Å². The van der Waals surface area contributed by atoms with Crippen LogP contribution in [0, 0.1) is 12.8 Å². The Balaban J connectivity index is 1.40. The van der Waals surface area contributed by atoms with Crippen molar-refractivity contribution in [3.8, 4) is 16.9 Å². The van der Waals surface area contributed by atoms with E-state index < -0.39 is 0 Å². The number of ether oxygens (including phenoxy) is 1. The second-order valence-corrected chi connectivity index (χ2v) is 8.49. The number of carbonyl (C=O) groups is 1. The van der Waals surface area contributed by atoms with E-state index in [1.165, 1.54) is 12.8 Å². The van der Waals surface area contributed by atoms with Crippen LogP contribution in [-0.4, -0.2) is 51.6 Å². The van der Waals surface area contributed by atoms with E-state index in [9.17, 15) is 4.79 Å². The highest BCUT2D eigenvalue weighted by atomic mass is 16.5. The first-order valence-corrected chi connectivity index (χ1v) is 10.7. The van der Waals surface area contributed by atoms with Gasteiger partial charge in [-0.2, -0.15) is 5.10 Å². The highest BCUT2D eigenvalue weighted by Crippen LogP contribution is 2.33. The minimum absolute atomic E-state index is 0.0657.